The molecule has 0 aliphatic heterocycles. The normalized spacial score (nSPS) is 12.1. The van der Waals surface area contributed by atoms with E-state index >= 15 is 0 Å². The van der Waals surface area contributed by atoms with Gasteiger partial charge in [-0.25, -0.2) is 4.98 Å². The van der Waals surface area contributed by atoms with Crippen molar-refractivity contribution in [2.24, 2.45) is 5.41 Å². The highest BCUT2D eigenvalue weighted by Crippen LogP contribution is 2.28. The highest BCUT2D eigenvalue weighted by Gasteiger charge is 2.27. The van der Waals surface area contributed by atoms with Crippen molar-refractivity contribution in [3.05, 3.63) is 42.1 Å². The lowest BCUT2D eigenvalue weighted by Gasteiger charge is -2.18. The minimum Gasteiger partial charge on any atom is -0.481 e. The molecule has 1 aromatic carbocycles. The Morgan fingerprint density at radius 3 is 2.85 bits per heavy atom. The van der Waals surface area contributed by atoms with E-state index in [1.807, 2.05) is 24.3 Å². The van der Waals surface area contributed by atoms with Gasteiger partial charge in [0, 0.05) is 22.5 Å². The number of carboxylic acids is 1. The second-order valence-electron chi connectivity index (χ2n) is 5.77. The van der Waals surface area contributed by atoms with Gasteiger partial charge in [0.15, 0.2) is 0 Å². The van der Waals surface area contributed by atoms with Gasteiger partial charge in [-0.2, -0.15) is 0 Å². The number of H-pyrrole nitrogens is 1. The third kappa shape index (κ3) is 2.03. The number of rotatable bonds is 3. The molecule has 3 aromatic rings. The molecule has 4 heteroatoms. The number of fused-ring (bicyclic) bond motifs is 3. The third-order valence-electron chi connectivity index (χ3n) is 3.66. The summed E-state index contributed by atoms with van der Waals surface area (Å²) in [5, 5.41) is 11.4. The van der Waals surface area contributed by atoms with Crippen molar-refractivity contribution < 1.29 is 9.90 Å². The Balaban J connectivity index is 2.10. The van der Waals surface area contributed by atoms with Gasteiger partial charge in [-0.3, -0.25) is 4.79 Å². The predicted octanol–water partition coefficient (Wildman–Crippen LogP) is 3.37. The molecule has 4 nitrogen and oxygen atoms in total. The molecule has 102 valence electrons. The average Bonchev–Trinajstić information content (AvgIpc) is 2.76. The largest absolute Gasteiger partial charge is 0.481 e. The Bertz CT molecular complexity index is 802. The van der Waals surface area contributed by atoms with Crippen molar-refractivity contribution in [2.45, 2.75) is 20.3 Å². The van der Waals surface area contributed by atoms with E-state index in [-0.39, 0.29) is 0 Å². The predicted molar refractivity (Wildman–Crippen MR) is 78.7 cm³/mol. The lowest BCUT2D eigenvalue weighted by molar-refractivity contribution is -0.146. The van der Waals surface area contributed by atoms with Crippen LogP contribution in [0.15, 0.2) is 36.5 Å². The van der Waals surface area contributed by atoms with Crippen LogP contribution in [0.1, 0.15) is 19.4 Å². The Morgan fingerprint density at radius 1 is 1.30 bits per heavy atom. The molecule has 0 bridgehead atoms. The lowest BCUT2D eigenvalue weighted by Crippen LogP contribution is -2.26. The summed E-state index contributed by atoms with van der Waals surface area (Å²) in [6.07, 6.45) is 2.26. The zero-order chi connectivity index (χ0) is 14.3. The first-order valence-corrected chi connectivity index (χ1v) is 6.56. The number of carboxylic acid groups (broad SMARTS) is 1. The molecule has 0 unspecified atom stereocenters. The highest BCUT2D eigenvalue weighted by atomic mass is 16.4. The standard InChI is InChI=1S/C16H16N2O2/c1-16(2,15(19)20)9-10-5-6-13-12(8-10)11-4-3-7-17-14(11)18-13/h3-8H,9H2,1-2H3,(H,17,18)(H,19,20). The van der Waals surface area contributed by atoms with Crippen molar-refractivity contribution in [3.8, 4) is 0 Å². The quantitative estimate of drug-likeness (QED) is 0.765. The molecule has 0 fully saturated rings. The third-order valence-corrected chi connectivity index (χ3v) is 3.66. The molecule has 2 heterocycles. The van der Waals surface area contributed by atoms with E-state index < -0.39 is 11.4 Å². The molecule has 0 spiro atoms. The van der Waals surface area contributed by atoms with Gasteiger partial charge in [0.1, 0.15) is 5.65 Å². The van der Waals surface area contributed by atoms with E-state index in [4.69, 9.17) is 0 Å². The fraction of sp³-hybridized carbons (Fsp3) is 0.250. The number of hydrogen-bond acceptors (Lipinski definition) is 2. The zero-order valence-electron chi connectivity index (χ0n) is 11.5. The van der Waals surface area contributed by atoms with Crippen LogP contribution in [-0.4, -0.2) is 21.0 Å². The summed E-state index contributed by atoms with van der Waals surface area (Å²) in [7, 11) is 0. The van der Waals surface area contributed by atoms with E-state index in [9.17, 15) is 9.90 Å². The molecule has 2 N–H and O–H groups in total. The van der Waals surface area contributed by atoms with Crippen LogP contribution >= 0.6 is 0 Å². The number of hydrogen-bond donors (Lipinski definition) is 2. The number of aliphatic carboxylic acids is 1. The first kappa shape index (κ1) is 12.7. The minimum absolute atomic E-state index is 0.505. The fourth-order valence-corrected chi connectivity index (χ4v) is 2.47. The van der Waals surface area contributed by atoms with Gasteiger partial charge in [0.2, 0.25) is 0 Å². The molecule has 0 amide bonds. The average molecular weight is 268 g/mol. The smallest absolute Gasteiger partial charge is 0.309 e. The molecule has 0 saturated carbocycles. The number of benzene rings is 1. The molecule has 0 aliphatic carbocycles. The lowest BCUT2D eigenvalue weighted by atomic mass is 9.85. The van der Waals surface area contributed by atoms with Gasteiger partial charge in [-0.1, -0.05) is 6.07 Å². The van der Waals surface area contributed by atoms with Crippen LogP contribution in [0.3, 0.4) is 0 Å². The molecular formula is C16H16N2O2. The highest BCUT2D eigenvalue weighted by molar-refractivity contribution is 6.05. The Morgan fingerprint density at radius 2 is 2.10 bits per heavy atom. The van der Waals surface area contributed by atoms with Crippen molar-refractivity contribution >= 4 is 27.9 Å². The molecule has 0 atom stereocenters. The molecule has 0 aliphatic rings. The van der Waals surface area contributed by atoms with Gasteiger partial charge in [-0.15, -0.1) is 0 Å². The molecular weight excluding hydrogens is 252 g/mol. The maximum absolute atomic E-state index is 11.2. The molecule has 2 aromatic heterocycles. The minimum atomic E-state index is -0.779. The number of nitrogens with zero attached hydrogens (tertiary/aromatic N) is 1. The number of aromatic amines is 1. The van der Waals surface area contributed by atoms with Crippen LogP contribution in [0, 0.1) is 5.41 Å². The van der Waals surface area contributed by atoms with Crippen molar-refractivity contribution in [2.75, 3.05) is 0 Å². The van der Waals surface area contributed by atoms with Crippen molar-refractivity contribution in [1.29, 1.82) is 0 Å². The van der Waals surface area contributed by atoms with Gasteiger partial charge < -0.3 is 10.1 Å². The van der Waals surface area contributed by atoms with Crippen molar-refractivity contribution in [1.82, 2.24) is 9.97 Å². The fourth-order valence-electron chi connectivity index (χ4n) is 2.47. The Labute approximate surface area is 116 Å². The Kier molecular flexibility index (Phi) is 2.74. The maximum atomic E-state index is 11.2. The summed E-state index contributed by atoms with van der Waals surface area (Å²) in [5.74, 6) is -0.779. The molecule has 0 radical (unpaired) electrons. The van der Waals surface area contributed by atoms with E-state index in [1.165, 1.54) is 0 Å². The Hall–Kier alpha value is -2.36. The monoisotopic (exact) mass is 268 g/mol. The maximum Gasteiger partial charge on any atom is 0.309 e. The molecule has 0 saturated heterocycles. The number of nitrogens with one attached hydrogen (secondary N) is 1. The molecule has 20 heavy (non-hydrogen) atoms. The van der Waals surface area contributed by atoms with E-state index in [2.05, 4.69) is 16.0 Å². The summed E-state index contributed by atoms with van der Waals surface area (Å²) >= 11 is 0. The first-order valence-electron chi connectivity index (χ1n) is 6.56. The van der Waals surface area contributed by atoms with E-state index in [0.717, 1.165) is 27.5 Å². The number of aromatic nitrogens is 2. The summed E-state index contributed by atoms with van der Waals surface area (Å²) in [4.78, 5) is 18.8. The SMILES string of the molecule is CC(C)(Cc1ccc2[nH]c3ncccc3c2c1)C(=O)O. The topological polar surface area (TPSA) is 66.0 Å². The van der Waals surface area contributed by atoms with E-state index in [1.54, 1.807) is 20.0 Å². The number of carbonyl (C=O) groups is 1. The summed E-state index contributed by atoms with van der Waals surface area (Å²) in [6.45, 7) is 3.49. The van der Waals surface area contributed by atoms with Gasteiger partial charge in [0.05, 0.1) is 5.41 Å². The van der Waals surface area contributed by atoms with Crippen LogP contribution in [0.2, 0.25) is 0 Å². The summed E-state index contributed by atoms with van der Waals surface area (Å²) in [6, 6.07) is 9.95. The van der Waals surface area contributed by atoms with Crippen LogP contribution in [-0.2, 0) is 11.2 Å². The van der Waals surface area contributed by atoms with Gasteiger partial charge in [-0.05, 0) is 50.1 Å². The second kappa shape index (κ2) is 4.34. The summed E-state index contributed by atoms with van der Waals surface area (Å²) in [5.41, 5.74) is 2.14. The van der Waals surface area contributed by atoms with Gasteiger partial charge >= 0.3 is 5.97 Å². The van der Waals surface area contributed by atoms with Gasteiger partial charge in [0.25, 0.3) is 0 Å². The van der Waals surface area contributed by atoms with Crippen LogP contribution in [0.4, 0.5) is 0 Å². The summed E-state index contributed by atoms with van der Waals surface area (Å²) < 4.78 is 0. The van der Waals surface area contributed by atoms with Crippen LogP contribution in [0.5, 0.6) is 0 Å². The second-order valence-corrected chi connectivity index (χ2v) is 5.77. The van der Waals surface area contributed by atoms with Crippen LogP contribution in [0.25, 0.3) is 21.9 Å². The molecule has 3 rings (SSSR count). The zero-order valence-corrected chi connectivity index (χ0v) is 11.5. The van der Waals surface area contributed by atoms with E-state index in [0.29, 0.717) is 6.42 Å². The first-order chi connectivity index (χ1) is 9.47. The van der Waals surface area contributed by atoms with Crippen LogP contribution < -0.4 is 0 Å². The number of pyridine rings is 1. The van der Waals surface area contributed by atoms with Crippen molar-refractivity contribution in [3.63, 3.8) is 0 Å².